The Morgan fingerprint density at radius 3 is 2.53 bits per heavy atom. The molecule has 1 N–H and O–H groups in total. The summed E-state index contributed by atoms with van der Waals surface area (Å²) in [6.07, 6.45) is 0. The van der Waals surface area contributed by atoms with E-state index in [-0.39, 0.29) is 5.76 Å². The molecule has 2 nitrogen and oxygen atoms in total. The molecule has 15 heavy (non-hydrogen) atoms. The quantitative estimate of drug-likeness (QED) is 0.797. The van der Waals surface area contributed by atoms with E-state index in [1.807, 2.05) is 26.0 Å². The summed E-state index contributed by atoms with van der Waals surface area (Å²) in [4.78, 5) is 0. The Morgan fingerprint density at radius 2 is 2.07 bits per heavy atom. The average molecular weight is 227 g/mol. The van der Waals surface area contributed by atoms with E-state index in [0.29, 0.717) is 10.8 Å². The molecule has 0 spiro atoms. The summed E-state index contributed by atoms with van der Waals surface area (Å²) in [5.74, 6) is 0.718. The zero-order chi connectivity index (χ0) is 11.6. The highest BCUT2D eigenvalue weighted by Crippen LogP contribution is 2.34. The van der Waals surface area contributed by atoms with E-state index < -0.39 is 5.41 Å². The molecule has 3 heteroatoms. The van der Waals surface area contributed by atoms with Gasteiger partial charge < -0.3 is 9.84 Å². The monoisotopic (exact) mass is 226 g/mol. The molecule has 1 rings (SSSR count). The number of aliphatic hydroxyl groups excluding tert-OH is 1. The summed E-state index contributed by atoms with van der Waals surface area (Å²) in [6.45, 7) is 7.34. The number of aliphatic hydroxyl groups is 1. The first-order valence-corrected chi connectivity index (χ1v) is 4.99. The van der Waals surface area contributed by atoms with Crippen LogP contribution in [0.5, 0.6) is 5.75 Å². The van der Waals surface area contributed by atoms with E-state index in [9.17, 15) is 5.11 Å². The molecule has 0 saturated carbocycles. The number of hydrogen-bond donors (Lipinski definition) is 1. The number of allylic oxidation sites excluding steroid dienone is 1. The lowest BCUT2D eigenvalue weighted by atomic mass is 9.83. The van der Waals surface area contributed by atoms with Crippen molar-refractivity contribution < 1.29 is 9.84 Å². The lowest BCUT2D eigenvalue weighted by Gasteiger charge is -2.24. The van der Waals surface area contributed by atoms with Gasteiger partial charge in [-0.15, -0.1) is 0 Å². The van der Waals surface area contributed by atoms with Crippen LogP contribution < -0.4 is 4.74 Å². The van der Waals surface area contributed by atoms with Gasteiger partial charge in [0.25, 0.3) is 0 Å². The fraction of sp³-hybridized carbons (Fsp3) is 0.333. The van der Waals surface area contributed by atoms with E-state index in [4.69, 9.17) is 16.3 Å². The Morgan fingerprint density at radius 1 is 1.47 bits per heavy atom. The summed E-state index contributed by atoms with van der Waals surface area (Å²) in [7, 11) is 1.56. The summed E-state index contributed by atoms with van der Waals surface area (Å²) in [6, 6.07) is 5.41. The molecular formula is C12H15ClO2. The summed E-state index contributed by atoms with van der Waals surface area (Å²) < 4.78 is 5.12. The molecule has 0 radical (unpaired) electrons. The Bertz CT molecular complexity index is 383. The van der Waals surface area contributed by atoms with E-state index in [1.54, 1.807) is 13.2 Å². The van der Waals surface area contributed by atoms with Crippen LogP contribution in [0.2, 0.25) is 5.02 Å². The summed E-state index contributed by atoms with van der Waals surface area (Å²) in [5.41, 5.74) is 0.411. The highest BCUT2D eigenvalue weighted by atomic mass is 35.5. The van der Waals surface area contributed by atoms with Gasteiger partial charge in [0.15, 0.2) is 0 Å². The van der Waals surface area contributed by atoms with Gasteiger partial charge in [-0.05, 0) is 31.5 Å². The maximum Gasteiger partial charge on any atom is 0.137 e. The molecule has 0 aromatic heterocycles. The second-order valence-electron chi connectivity index (χ2n) is 3.92. The molecule has 0 fully saturated rings. The van der Waals surface area contributed by atoms with Crippen LogP contribution in [0, 0.1) is 0 Å². The first-order valence-electron chi connectivity index (χ1n) is 4.62. The average Bonchev–Trinajstić information content (AvgIpc) is 2.18. The molecule has 1 aromatic rings. The SMILES string of the molecule is C=C(O)C(C)(C)c1ccc(Cl)c(OC)c1. The number of hydrogen-bond acceptors (Lipinski definition) is 2. The van der Waals surface area contributed by atoms with Crippen LogP contribution in [-0.4, -0.2) is 12.2 Å². The van der Waals surface area contributed by atoms with Crippen LogP contribution in [0.25, 0.3) is 0 Å². The van der Waals surface area contributed by atoms with Crippen molar-refractivity contribution in [3.8, 4) is 5.75 Å². The van der Waals surface area contributed by atoms with Crippen molar-refractivity contribution in [2.24, 2.45) is 0 Å². The number of methoxy groups -OCH3 is 1. The van der Waals surface area contributed by atoms with Crippen LogP contribution in [0.4, 0.5) is 0 Å². The van der Waals surface area contributed by atoms with Gasteiger partial charge >= 0.3 is 0 Å². The third kappa shape index (κ3) is 2.26. The first kappa shape index (κ1) is 11.9. The van der Waals surface area contributed by atoms with Gasteiger partial charge in [-0.1, -0.05) is 24.2 Å². The van der Waals surface area contributed by atoms with E-state index in [0.717, 1.165) is 5.56 Å². The van der Waals surface area contributed by atoms with Gasteiger partial charge in [-0.25, -0.2) is 0 Å². The Kier molecular flexibility index (Phi) is 3.30. The van der Waals surface area contributed by atoms with Crippen LogP contribution in [0.15, 0.2) is 30.5 Å². The molecule has 0 aliphatic carbocycles. The summed E-state index contributed by atoms with van der Waals surface area (Å²) in [5, 5.41) is 10.1. The highest BCUT2D eigenvalue weighted by molar-refractivity contribution is 6.32. The summed E-state index contributed by atoms with van der Waals surface area (Å²) >= 11 is 5.92. The molecule has 0 unspecified atom stereocenters. The number of ether oxygens (including phenoxy) is 1. The largest absolute Gasteiger partial charge is 0.512 e. The fourth-order valence-corrected chi connectivity index (χ4v) is 1.41. The molecule has 0 bridgehead atoms. The fourth-order valence-electron chi connectivity index (χ4n) is 1.22. The lowest BCUT2D eigenvalue weighted by Crippen LogP contribution is -2.19. The maximum atomic E-state index is 9.50. The van der Waals surface area contributed by atoms with E-state index >= 15 is 0 Å². The predicted molar refractivity (Wildman–Crippen MR) is 62.8 cm³/mol. The Labute approximate surface area is 95.1 Å². The molecule has 0 heterocycles. The van der Waals surface area contributed by atoms with Crippen LogP contribution in [-0.2, 0) is 5.41 Å². The van der Waals surface area contributed by atoms with Gasteiger partial charge in [-0.3, -0.25) is 0 Å². The van der Waals surface area contributed by atoms with Crippen molar-refractivity contribution in [2.45, 2.75) is 19.3 Å². The minimum Gasteiger partial charge on any atom is -0.512 e. The molecule has 0 amide bonds. The van der Waals surface area contributed by atoms with Gasteiger partial charge in [-0.2, -0.15) is 0 Å². The minimum absolute atomic E-state index is 0.117. The van der Waals surface area contributed by atoms with Gasteiger partial charge in [0.2, 0.25) is 0 Å². The number of halogens is 1. The third-order valence-electron chi connectivity index (χ3n) is 2.59. The van der Waals surface area contributed by atoms with Gasteiger partial charge in [0.1, 0.15) is 5.75 Å². The smallest absolute Gasteiger partial charge is 0.137 e. The van der Waals surface area contributed by atoms with Crippen LogP contribution >= 0.6 is 11.6 Å². The molecular weight excluding hydrogens is 212 g/mol. The van der Waals surface area contributed by atoms with E-state index in [2.05, 4.69) is 6.58 Å². The van der Waals surface area contributed by atoms with Crippen molar-refractivity contribution in [3.05, 3.63) is 41.1 Å². The normalized spacial score (nSPS) is 11.2. The molecule has 82 valence electrons. The van der Waals surface area contributed by atoms with Crippen LogP contribution in [0.1, 0.15) is 19.4 Å². The van der Waals surface area contributed by atoms with Crippen molar-refractivity contribution in [3.63, 3.8) is 0 Å². The van der Waals surface area contributed by atoms with Crippen LogP contribution in [0.3, 0.4) is 0 Å². The highest BCUT2D eigenvalue weighted by Gasteiger charge is 2.24. The Hall–Kier alpha value is -1.15. The second kappa shape index (κ2) is 4.15. The van der Waals surface area contributed by atoms with E-state index in [1.165, 1.54) is 0 Å². The van der Waals surface area contributed by atoms with Gasteiger partial charge in [0.05, 0.1) is 17.9 Å². The standard InChI is InChI=1S/C12H15ClO2/c1-8(14)12(2,3)9-5-6-10(13)11(7-9)15-4/h5-7,14H,1H2,2-4H3. The zero-order valence-corrected chi connectivity index (χ0v) is 9.93. The minimum atomic E-state index is -0.502. The topological polar surface area (TPSA) is 29.5 Å². The molecule has 0 saturated heterocycles. The van der Waals surface area contributed by atoms with Crippen molar-refractivity contribution >= 4 is 11.6 Å². The number of benzene rings is 1. The Balaban J connectivity index is 3.22. The van der Waals surface area contributed by atoms with Crippen molar-refractivity contribution in [2.75, 3.05) is 7.11 Å². The maximum absolute atomic E-state index is 9.50. The first-order chi connectivity index (χ1) is 6.89. The van der Waals surface area contributed by atoms with Crippen molar-refractivity contribution in [1.29, 1.82) is 0 Å². The van der Waals surface area contributed by atoms with Crippen molar-refractivity contribution in [1.82, 2.24) is 0 Å². The zero-order valence-electron chi connectivity index (χ0n) is 9.17. The molecule has 0 atom stereocenters. The molecule has 0 aliphatic heterocycles. The molecule has 0 aliphatic rings. The second-order valence-corrected chi connectivity index (χ2v) is 4.33. The number of rotatable bonds is 3. The lowest BCUT2D eigenvalue weighted by molar-refractivity contribution is 0.323. The third-order valence-corrected chi connectivity index (χ3v) is 2.91. The van der Waals surface area contributed by atoms with Gasteiger partial charge in [0, 0.05) is 5.41 Å². The molecule has 1 aromatic carbocycles. The predicted octanol–water partition coefficient (Wildman–Crippen LogP) is 3.70.